The Morgan fingerprint density at radius 3 is 2.28 bits per heavy atom. The van der Waals surface area contributed by atoms with E-state index >= 15 is 0 Å². The summed E-state index contributed by atoms with van der Waals surface area (Å²) in [6, 6.07) is 14.5. The van der Waals surface area contributed by atoms with Crippen molar-refractivity contribution in [1.82, 2.24) is 0 Å². The van der Waals surface area contributed by atoms with Gasteiger partial charge in [-0.2, -0.15) is 0 Å². The minimum Gasteiger partial charge on any atom is -0.324 e. The molecule has 0 aliphatic heterocycles. The van der Waals surface area contributed by atoms with Gasteiger partial charge in [0.25, 0.3) is 0 Å². The van der Waals surface area contributed by atoms with Crippen molar-refractivity contribution < 1.29 is 0 Å². The van der Waals surface area contributed by atoms with Crippen LogP contribution < -0.4 is 11.5 Å². The number of nitrogens with two attached hydrogens (primary N) is 2. The van der Waals surface area contributed by atoms with Crippen LogP contribution in [0.3, 0.4) is 0 Å². The monoisotopic (exact) mass is 242 g/mol. The summed E-state index contributed by atoms with van der Waals surface area (Å²) >= 11 is 0. The van der Waals surface area contributed by atoms with Gasteiger partial charge >= 0.3 is 0 Å². The first-order valence-electron chi connectivity index (χ1n) is 6.64. The SMILES string of the molecule is CCC(N)(CC)C(N)c1cccc2ccccc12. The van der Waals surface area contributed by atoms with Gasteiger partial charge in [-0.3, -0.25) is 0 Å². The molecule has 0 aliphatic carbocycles. The fourth-order valence-electron chi connectivity index (χ4n) is 2.52. The van der Waals surface area contributed by atoms with Gasteiger partial charge in [0.15, 0.2) is 0 Å². The molecule has 2 aromatic rings. The maximum Gasteiger partial charge on any atom is 0.0483 e. The predicted molar refractivity (Wildman–Crippen MR) is 78.4 cm³/mol. The van der Waals surface area contributed by atoms with E-state index in [9.17, 15) is 0 Å². The molecule has 0 amide bonds. The summed E-state index contributed by atoms with van der Waals surface area (Å²) in [4.78, 5) is 0. The van der Waals surface area contributed by atoms with Crippen LogP contribution >= 0.6 is 0 Å². The summed E-state index contributed by atoms with van der Waals surface area (Å²) in [7, 11) is 0. The van der Waals surface area contributed by atoms with Gasteiger partial charge in [0, 0.05) is 11.6 Å². The van der Waals surface area contributed by atoms with E-state index in [0.717, 1.165) is 18.4 Å². The minimum absolute atomic E-state index is 0.126. The van der Waals surface area contributed by atoms with E-state index in [4.69, 9.17) is 11.5 Å². The highest BCUT2D eigenvalue weighted by atomic mass is 14.8. The van der Waals surface area contributed by atoms with Crippen molar-refractivity contribution in [3.63, 3.8) is 0 Å². The van der Waals surface area contributed by atoms with Gasteiger partial charge in [0.2, 0.25) is 0 Å². The van der Waals surface area contributed by atoms with Crippen LogP contribution in [0.1, 0.15) is 38.3 Å². The first-order chi connectivity index (χ1) is 8.62. The third-order valence-electron chi connectivity index (χ3n) is 4.09. The lowest BCUT2D eigenvalue weighted by molar-refractivity contribution is 0.326. The van der Waals surface area contributed by atoms with E-state index in [0.29, 0.717) is 0 Å². The summed E-state index contributed by atoms with van der Waals surface area (Å²) in [5.74, 6) is 0. The number of benzene rings is 2. The van der Waals surface area contributed by atoms with Gasteiger partial charge < -0.3 is 11.5 Å². The number of fused-ring (bicyclic) bond motifs is 1. The quantitative estimate of drug-likeness (QED) is 0.863. The van der Waals surface area contributed by atoms with Gasteiger partial charge in [-0.1, -0.05) is 56.3 Å². The van der Waals surface area contributed by atoms with E-state index in [2.05, 4.69) is 50.2 Å². The van der Waals surface area contributed by atoms with Crippen molar-refractivity contribution in [2.45, 2.75) is 38.3 Å². The van der Waals surface area contributed by atoms with Gasteiger partial charge in [0.05, 0.1) is 0 Å². The zero-order valence-electron chi connectivity index (χ0n) is 11.2. The van der Waals surface area contributed by atoms with E-state index in [-0.39, 0.29) is 11.6 Å². The van der Waals surface area contributed by atoms with Crippen LogP contribution in [0.5, 0.6) is 0 Å². The number of rotatable bonds is 4. The molecule has 0 radical (unpaired) electrons. The third kappa shape index (κ3) is 2.14. The summed E-state index contributed by atoms with van der Waals surface area (Å²) in [5, 5.41) is 2.43. The average Bonchev–Trinajstić information content (AvgIpc) is 2.45. The molecular weight excluding hydrogens is 220 g/mol. The molecule has 2 rings (SSSR count). The summed E-state index contributed by atoms with van der Waals surface area (Å²) in [5.41, 5.74) is 13.7. The summed E-state index contributed by atoms with van der Waals surface area (Å²) in [6.45, 7) is 4.21. The van der Waals surface area contributed by atoms with Crippen LogP contribution in [-0.4, -0.2) is 5.54 Å². The van der Waals surface area contributed by atoms with Crippen LogP contribution in [0.15, 0.2) is 42.5 Å². The van der Waals surface area contributed by atoms with Crippen molar-refractivity contribution in [1.29, 1.82) is 0 Å². The molecule has 0 bridgehead atoms. The maximum absolute atomic E-state index is 6.44. The molecule has 0 fully saturated rings. The fraction of sp³-hybridized carbons (Fsp3) is 0.375. The molecule has 0 aliphatic rings. The smallest absolute Gasteiger partial charge is 0.0483 e. The van der Waals surface area contributed by atoms with E-state index in [1.54, 1.807) is 0 Å². The van der Waals surface area contributed by atoms with E-state index in [1.807, 2.05) is 6.07 Å². The molecule has 96 valence electrons. The fourth-order valence-corrected chi connectivity index (χ4v) is 2.52. The molecule has 2 nitrogen and oxygen atoms in total. The second kappa shape index (κ2) is 5.09. The molecular formula is C16H22N2. The van der Waals surface area contributed by atoms with Crippen LogP contribution in [0.25, 0.3) is 10.8 Å². The summed E-state index contributed by atoms with van der Waals surface area (Å²) in [6.07, 6.45) is 1.77. The van der Waals surface area contributed by atoms with Gasteiger partial charge in [-0.25, -0.2) is 0 Å². The molecule has 1 unspecified atom stereocenters. The Hall–Kier alpha value is -1.38. The lowest BCUT2D eigenvalue weighted by Gasteiger charge is -2.34. The lowest BCUT2D eigenvalue weighted by atomic mass is 9.81. The highest BCUT2D eigenvalue weighted by molar-refractivity contribution is 5.86. The second-order valence-corrected chi connectivity index (χ2v) is 4.99. The Bertz CT molecular complexity index is 524. The Morgan fingerprint density at radius 1 is 1.00 bits per heavy atom. The molecule has 1 atom stereocenters. The van der Waals surface area contributed by atoms with Gasteiger partial charge in [0.1, 0.15) is 0 Å². The topological polar surface area (TPSA) is 52.0 Å². The molecule has 2 heteroatoms. The Balaban J connectivity index is 2.54. The normalized spacial score (nSPS) is 13.8. The first kappa shape index (κ1) is 13.1. The van der Waals surface area contributed by atoms with Crippen LogP contribution in [-0.2, 0) is 0 Å². The molecule has 0 spiro atoms. The Labute approximate surface area is 109 Å². The zero-order valence-corrected chi connectivity index (χ0v) is 11.2. The minimum atomic E-state index is -0.329. The highest BCUT2D eigenvalue weighted by Crippen LogP contribution is 2.31. The highest BCUT2D eigenvalue weighted by Gasteiger charge is 2.30. The Kier molecular flexibility index (Phi) is 3.69. The lowest BCUT2D eigenvalue weighted by Crippen LogP contribution is -2.48. The number of hydrogen-bond acceptors (Lipinski definition) is 2. The predicted octanol–water partition coefficient (Wildman–Crippen LogP) is 3.36. The van der Waals surface area contributed by atoms with Gasteiger partial charge in [-0.05, 0) is 29.2 Å². The molecule has 0 aromatic heterocycles. The average molecular weight is 242 g/mol. The summed E-state index contributed by atoms with van der Waals surface area (Å²) < 4.78 is 0. The molecule has 2 aromatic carbocycles. The zero-order chi connectivity index (χ0) is 13.2. The first-order valence-corrected chi connectivity index (χ1v) is 6.64. The van der Waals surface area contributed by atoms with Gasteiger partial charge in [-0.15, -0.1) is 0 Å². The number of hydrogen-bond donors (Lipinski definition) is 2. The third-order valence-corrected chi connectivity index (χ3v) is 4.09. The van der Waals surface area contributed by atoms with Crippen molar-refractivity contribution in [2.75, 3.05) is 0 Å². The maximum atomic E-state index is 6.44. The Morgan fingerprint density at radius 2 is 1.61 bits per heavy atom. The largest absolute Gasteiger partial charge is 0.324 e. The van der Waals surface area contributed by atoms with Crippen LogP contribution in [0, 0.1) is 0 Å². The molecule has 4 N–H and O–H groups in total. The molecule has 0 heterocycles. The van der Waals surface area contributed by atoms with Crippen molar-refractivity contribution in [3.05, 3.63) is 48.0 Å². The second-order valence-electron chi connectivity index (χ2n) is 4.99. The van der Waals surface area contributed by atoms with Crippen molar-refractivity contribution in [3.8, 4) is 0 Å². The van der Waals surface area contributed by atoms with Crippen LogP contribution in [0.4, 0.5) is 0 Å². The molecule has 18 heavy (non-hydrogen) atoms. The van der Waals surface area contributed by atoms with Crippen molar-refractivity contribution in [2.24, 2.45) is 11.5 Å². The standard InChI is InChI=1S/C16H22N2/c1-3-16(18,4-2)15(17)14-11-7-9-12-8-5-6-10-13(12)14/h5-11,15H,3-4,17-18H2,1-2H3. The van der Waals surface area contributed by atoms with E-state index in [1.165, 1.54) is 10.8 Å². The van der Waals surface area contributed by atoms with Crippen LogP contribution in [0.2, 0.25) is 0 Å². The van der Waals surface area contributed by atoms with Crippen molar-refractivity contribution >= 4 is 10.8 Å². The molecule has 0 saturated carbocycles. The van der Waals surface area contributed by atoms with E-state index < -0.39 is 0 Å². The molecule has 0 saturated heterocycles.